The summed E-state index contributed by atoms with van der Waals surface area (Å²) in [5.41, 5.74) is 1.36. The monoisotopic (exact) mass is 431 g/mol. The van der Waals surface area contributed by atoms with Crippen LogP contribution in [0.2, 0.25) is 0 Å². The molecular formula is C22H29N3O6. The average Bonchev–Trinajstić information content (AvgIpc) is 3.28. The van der Waals surface area contributed by atoms with Crippen LogP contribution in [-0.4, -0.2) is 58.1 Å². The van der Waals surface area contributed by atoms with Gasteiger partial charge in [0.25, 0.3) is 0 Å². The Kier molecular flexibility index (Phi) is 9.73. The number of carbonyl (C=O) groups is 3. The lowest BCUT2D eigenvalue weighted by Gasteiger charge is -2.33. The van der Waals surface area contributed by atoms with E-state index >= 15 is 0 Å². The van der Waals surface area contributed by atoms with E-state index < -0.39 is 11.9 Å². The average molecular weight is 431 g/mol. The molecule has 0 bridgehead atoms. The molecule has 2 aromatic rings. The molecule has 31 heavy (non-hydrogen) atoms. The van der Waals surface area contributed by atoms with Gasteiger partial charge in [-0.2, -0.15) is 0 Å². The van der Waals surface area contributed by atoms with Crippen molar-refractivity contribution in [1.29, 1.82) is 0 Å². The maximum Gasteiger partial charge on any atom is 0.414 e. The van der Waals surface area contributed by atoms with Crippen molar-refractivity contribution in [2.75, 3.05) is 13.1 Å². The summed E-state index contributed by atoms with van der Waals surface area (Å²) >= 11 is 0. The Morgan fingerprint density at radius 3 is 2.26 bits per heavy atom. The molecule has 1 fully saturated rings. The molecule has 168 valence electrons. The summed E-state index contributed by atoms with van der Waals surface area (Å²) in [6, 6.07) is 14.5. The van der Waals surface area contributed by atoms with Gasteiger partial charge in [0, 0.05) is 12.6 Å². The predicted molar refractivity (Wildman–Crippen MR) is 113 cm³/mol. The number of nitrogens with zero attached hydrogens (tertiary/aromatic N) is 1. The lowest BCUT2D eigenvalue weighted by atomic mass is 10.0. The Balaban J connectivity index is 0.000000501. The van der Waals surface area contributed by atoms with Crippen molar-refractivity contribution in [1.82, 2.24) is 15.5 Å². The number of carboxylic acids is 2. The molecule has 4 N–H and O–H groups in total. The van der Waals surface area contributed by atoms with E-state index in [1.807, 2.05) is 19.1 Å². The van der Waals surface area contributed by atoms with Gasteiger partial charge in [-0.1, -0.05) is 30.3 Å². The number of hydrogen-bond acceptors (Lipinski definition) is 6. The van der Waals surface area contributed by atoms with E-state index in [9.17, 15) is 4.79 Å². The number of benzene rings is 1. The molecule has 9 heteroatoms. The minimum absolute atomic E-state index is 0.0168. The second kappa shape index (κ2) is 12.5. The van der Waals surface area contributed by atoms with Gasteiger partial charge in [0.05, 0.1) is 18.8 Å². The van der Waals surface area contributed by atoms with E-state index in [-0.39, 0.29) is 11.9 Å². The third kappa shape index (κ3) is 9.02. The number of rotatable bonds is 7. The fourth-order valence-corrected chi connectivity index (χ4v) is 3.27. The first-order chi connectivity index (χ1) is 14.8. The molecule has 1 unspecified atom stereocenters. The summed E-state index contributed by atoms with van der Waals surface area (Å²) in [5, 5.41) is 21.2. The summed E-state index contributed by atoms with van der Waals surface area (Å²) in [5.74, 6) is -2.86. The predicted octanol–water partition coefficient (Wildman–Crippen LogP) is 1.69. The molecule has 0 radical (unpaired) electrons. The molecule has 0 aliphatic carbocycles. The van der Waals surface area contributed by atoms with Crippen molar-refractivity contribution in [3.63, 3.8) is 0 Å². The van der Waals surface area contributed by atoms with Gasteiger partial charge in [-0.05, 0) is 50.6 Å². The van der Waals surface area contributed by atoms with Gasteiger partial charge in [0.15, 0.2) is 0 Å². The van der Waals surface area contributed by atoms with E-state index in [4.69, 9.17) is 24.2 Å². The number of carbonyl (C=O) groups excluding carboxylic acids is 1. The SMILES string of the molecule is CC(NC1CCN(Cc2ccccc2)CC1)C(=O)NCc1ccco1.O=C(O)C(=O)O. The number of furan rings is 1. The minimum atomic E-state index is -1.82. The quantitative estimate of drug-likeness (QED) is 0.487. The molecule has 1 aromatic carbocycles. The van der Waals surface area contributed by atoms with Crippen molar-refractivity contribution >= 4 is 17.8 Å². The van der Waals surface area contributed by atoms with Crippen molar-refractivity contribution in [3.8, 4) is 0 Å². The van der Waals surface area contributed by atoms with Crippen LogP contribution >= 0.6 is 0 Å². The summed E-state index contributed by atoms with van der Waals surface area (Å²) in [6.07, 6.45) is 3.76. The van der Waals surface area contributed by atoms with E-state index in [1.165, 1.54) is 5.56 Å². The van der Waals surface area contributed by atoms with Gasteiger partial charge in [-0.3, -0.25) is 9.69 Å². The lowest BCUT2D eigenvalue weighted by molar-refractivity contribution is -0.159. The second-order valence-electron chi connectivity index (χ2n) is 7.33. The van der Waals surface area contributed by atoms with Crippen LogP contribution in [0, 0.1) is 0 Å². The molecule has 3 rings (SSSR count). The summed E-state index contributed by atoms with van der Waals surface area (Å²) in [7, 11) is 0. The van der Waals surface area contributed by atoms with Gasteiger partial charge in [0.2, 0.25) is 5.91 Å². The van der Waals surface area contributed by atoms with Crippen LogP contribution in [0.1, 0.15) is 31.1 Å². The number of aliphatic carboxylic acids is 2. The molecule has 1 aromatic heterocycles. The first-order valence-corrected chi connectivity index (χ1v) is 10.1. The highest BCUT2D eigenvalue weighted by molar-refractivity contribution is 6.27. The van der Waals surface area contributed by atoms with Crippen molar-refractivity contribution in [2.24, 2.45) is 0 Å². The Morgan fingerprint density at radius 2 is 1.71 bits per heavy atom. The number of carboxylic acid groups (broad SMARTS) is 2. The standard InChI is InChI=1S/C20H27N3O2.C2H2O4/c1-16(20(24)21-14-19-8-5-13-25-19)22-18-9-11-23(12-10-18)15-17-6-3-2-4-7-17;3-1(4)2(5)6/h2-8,13,16,18,22H,9-12,14-15H2,1H3,(H,21,24);(H,3,4)(H,5,6). The second-order valence-corrected chi connectivity index (χ2v) is 7.33. The van der Waals surface area contributed by atoms with E-state index in [0.717, 1.165) is 38.2 Å². The normalized spacial score (nSPS) is 15.4. The highest BCUT2D eigenvalue weighted by atomic mass is 16.4. The Hall–Kier alpha value is -3.17. The van der Waals surface area contributed by atoms with Crippen LogP contribution in [0.25, 0.3) is 0 Å². The third-order valence-corrected chi connectivity index (χ3v) is 4.92. The van der Waals surface area contributed by atoms with Crippen LogP contribution in [-0.2, 0) is 27.5 Å². The largest absolute Gasteiger partial charge is 0.473 e. The van der Waals surface area contributed by atoms with Crippen LogP contribution in [0.5, 0.6) is 0 Å². The molecule has 1 atom stereocenters. The molecule has 0 spiro atoms. The fourth-order valence-electron chi connectivity index (χ4n) is 3.27. The van der Waals surface area contributed by atoms with Gasteiger partial charge in [-0.15, -0.1) is 0 Å². The van der Waals surface area contributed by atoms with Crippen LogP contribution in [0.3, 0.4) is 0 Å². The lowest BCUT2D eigenvalue weighted by Crippen LogP contribution is -2.50. The van der Waals surface area contributed by atoms with Gasteiger partial charge < -0.3 is 25.3 Å². The van der Waals surface area contributed by atoms with Crippen molar-refractivity contribution in [2.45, 2.75) is 44.9 Å². The van der Waals surface area contributed by atoms with Crippen molar-refractivity contribution < 1.29 is 29.0 Å². The molecule has 0 saturated carbocycles. The van der Waals surface area contributed by atoms with E-state index in [0.29, 0.717) is 12.6 Å². The highest BCUT2D eigenvalue weighted by Crippen LogP contribution is 2.14. The van der Waals surface area contributed by atoms with E-state index in [2.05, 4.69) is 45.9 Å². The molecule has 1 amide bonds. The van der Waals surface area contributed by atoms with Gasteiger partial charge in [-0.25, -0.2) is 9.59 Å². The van der Waals surface area contributed by atoms with Crippen LogP contribution < -0.4 is 10.6 Å². The molecule has 1 saturated heterocycles. The third-order valence-electron chi connectivity index (χ3n) is 4.92. The van der Waals surface area contributed by atoms with Gasteiger partial charge >= 0.3 is 11.9 Å². The number of likely N-dealkylation sites (tertiary alicyclic amines) is 1. The maximum absolute atomic E-state index is 12.2. The number of hydrogen-bond donors (Lipinski definition) is 4. The van der Waals surface area contributed by atoms with Crippen molar-refractivity contribution in [3.05, 3.63) is 60.1 Å². The van der Waals surface area contributed by atoms with Gasteiger partial charge in [0.1, 0.15) is 5.76 Å². The Morgan fingerprint density at radius 1 is 1.06 bits per heavy atom. The summed E-state index contributed by atoms with van der Waals surface area (Å²) < 4.78 is 5.23. The zero-order valence-corrected chi connectivity index (χ0v) is 17.5. The number of amides is 1. The molecule has 1 aliphatic heterocycles. The van der Waals surface area contributed by atoms with E-state index in [1.54, 1.807) is 6.26 Å². The zero-order chi connectivity index (χ0) is 22.6. The summed E-state index contributed by atoms with van der Waals surface area (Å²) in [6.45, 7) is 5.49. The minimum Gasteiger partial charge on any atom is -0.473 e. The van der Waals surface area contributed by atoms with Crippen LogP contribution in [0.4, 0.5) is 0 Å². The fraction of sp³-hybridized carbons (Fsp3) is 0.409. The molecule has 2 heterocycles. The molecule has 1 aliphatic rings. The first kappa shape index (κ1) is 24.1. The maximum atomic E-state index is 12.2. The zero-order valence-electron chi connectivity index (χ0n) is 17.5. The molecular weight excluding hydrogens is 402 g/mol. The Labute approximate surface area is 181 Å². The number of nitrogens with one attached hydrogen (secondary N) is 2. The Bertz CT molecular complexity index is 805. The number of piperidine rings is 1. The molecule has 9 nitrogen and oxygen atoms in total. The summed E-state index contributed by atoms with van der Waals surface area (Å²) in [4.78, 5) is 32.9. The smallest absolute Gasteiger partial charge is 0.414 e. The highest BCUT2D eigenvalue weighted by Gasteiger charge is 2.22. The topological polar surface area (TPSA) is 132 Å². The first-order valence-electron chi connectivity index (χ1n) is 10.1. The van der Waals surface area contributed by atoms with Crippen LogP contribution in [0.15, 0.2) is 53.1 Å².